The predicted molar refractivity (Wildman–Crippen MR) is 72.1 cm³/mol. The van der Waals surface area contributed by atoms with E-state index in [1.54, 1.807) is 12.4 Å². The lowest BCUT2D eigenvalue weighted by Crippen LogP contribution is -2.38. The van der Waals surface area contributed by atoms with E-state index in [2.05, 4.69) is 4.98 Å². The smallest absolute Gasteiger partial charge is 0.246 e. The molecule has 1 aliphatic heterocycles. The summed E-state index contributed by atoms with van der Waals surface area (Å²) >= 11 is 0. The van der Waals surface area contributed by atoms with E-state index in [-0.39, 0.29) is 19.7 Å². The minimum Gasteiger partial charge on any atom is -0.392 e. The fourth-order valence-electron chi connectivity index (χ4n) is 2.34. The van der Waals surface area contributed by atoms with E-state index in [4.69, 9.17) is 5.11 Å². The highest BCUT2D eigenvalue weighted by molar-refractivity contribution is 7.89. The van der Waals surface area contributed by atoms with Crippen molar-refractivity contribution in [2.75, 3.05) is 6.54 Å². The molecule has 6 nitrogen and oxygen atoms in total. The lowest BCUT2D eigenvalue weighted by Gasteiger charge is -2.27. The molecule has 1 aliphatic rings. The zero-order valence-electron chi connectivity index (χ0n) is 11.1. The second-order valence-corrected chi connectivity index (χ2v) is 6.70. The zero-order chi connectivity index (χ0) is 15.0. The van der Waals surface area contributed by atoms with Gasteiger partial charge in [-0.15, -0.1) is 0 Å². The summed E-state index contributed by atoms with van der Waals surface area (Å²) in [4.78, 5) is 3.69. The lowest BCUT2D eigenvalue weighted by atomic mass is 10.2. The number of aromatic nitrogens is 2. The largest absolute Gasteiger partial charge is 0.392 e. The van der Waals surface area contributed by atoms with Gasteiger partial charge in [0, 0.05) is 25.5 Å². The summed E-state index contributed by atoms with van der Waals surface area (Å²) in [5.41, 5.74) is 0.355. The first-order valence-corrected chi connectivity index (χ1v) is 7.86. The Morgan fingerprint density at radius 2 is 2.14 bits per heavy atom. The average molecular weight is 311 g/mol. The Hall–Kier alpha value is -1.77. The lowest BCUT2D eigenvalue weighted by molar-refractivity contribution is 0.281. The number of aliphatic hydroxyl groups excluding tert-OH is 1. The number of hydrogen-bond acceptors (Lipinski definition) is 4. The monoisotopic (exact) mass is 311 g/mol. The average Bonchev–Trinajstić information content (AvgIpc) is 2.95. The minimum atomic E-state index is -3.95. The molecule has 0 unspecified atom stereocenters. The van der Waals surface area contributed by atoms with Gasteiger partial charge in [-0.2, -0.15) is 4.31 Å². The Kier molecular flexibility index (Phi) is 3.52. The third-order valence-electron chi connectivity index (χ3n) is 3.51. The number of halogens is 1. The maximum absolute atomic E-state index is 13.9. The molecule has 0 aliphatic carbocycles. The highest BCUT2D eigenvalue weighted by Gasteiger charge is 2.31. The van der Waals surface area contributed by atoms with Crippen LogP contribution in [-0.2, 0) is 29.7 Å². The quantitative estimate of drug-likeness (QED) is 0.906. The number of rotatable bonds is 3. The van der Waals surface area contributed by atoms with Crippen LogP contribution in [0.3, 0.4) is 0 Å². The molecule has 0 saturated carbocycles. The summed E-state index contributed by atoms with van der Waals surface area (Å²) in [6.07, 6.45) is 3.39. The first kappa shape index (κ1) is 14.2. The second-order valence-electron chi connectivity index (χ2n) is 4.80. The van der Waals surface area contributed by atoms with Crippen LogP contribution in [0.15, 0.2) is 35.5 Å². The standard InChI is InChI=1S/C13H14FN3O3S/c14-11-2-1-10(9-18)7-12(11)21(19,20)17-6-5-16-4-3-15-13(16)8-17/h1-4,7,18H,5-6,8-9H2. The Morgan fingerprint density at radius 1 is 1.33 bits per heavy atom. The molecular weight excluding hydrogens is 297 g/mol. The Labute approximate surface area is 121 Å². The van der Waals surface area contributed by atoms with E-state index < -0.39 is 20.7 Å². The number of benzene rings is 1. The van der Waals surface area contributed by atoms with Crippen LogP contribution >= 0.6 is 0 Å². The van der Waals surface area contributed by atoms with Gasteiger partial charge in [0.1, 0.15) is 16.5 Å². The van der Waals surface area contributed by atoms with Crippen LogP contribution in [0, 0.1) is 5.82 Å². The predicted octanol–water partition coefficient (Wildman–Crippen LogP) is 0.719. The fraction of sp³-hybridized carbons (Fsp3) is 0.308. The van der Waals surface area contributed by atoms with Crippen molar-refractivity contribution in [1.29, 1.82) is 0 Å². The zero-order valence-corrected chi connectivity index (χ0v) is 11.9. The minimum absolute atomic E-state index is 0.109. The van der Waals surface area contributed by atoms with Crippen molar-refractivity contribution in [2.24, 2.45) is 0 Å². The van der Waals surface area contributed by atoms with Crippen LogP contribution in [0.1, 0.15) is 11.4 Å². The molecular formula is C13H14FN3O3S. The molecule has 0 bridgehead atoms. The molecule has 0 amide bonds. The van der Waals surface area contributed by atoms with E-state index in [1.165, 1.54) is 16.4 Å². The summed E-state index contributed by atoms with van der Waals surface area (Å²) in [5, 5.41) is 9.09. The number of aliphatic hydroxyl groups is 1. The van der Waals surface area contributed by atoms with Crippen molar-refractivity contribution in [3.05, 3.63) is 47.8 Å². The van der Waals surface area contributed by atoms with Gasteiger partial charge >= 0.3 is 0 Å². The molecule has 2 heterocycles. The molecule has 1 aromatic carbocycles. The van der Waals surface area contributed by atoms with Gasteiger partial charge in [-0.1, -0.05) is 6.07 Å². The van der Waals surface area contributed by atoms with Gasteiger partial charge in [-0.25, -0.2) is 17.8 Å². The molecule has 21 heavy (non-hydrogen) atoms. The van der Waals surface area contributed by atoms with Gasteiger partial charge in [0.05, 0.1) is 13.2 Å². The van der Waals surface area contributed by atoms with Gasteiger partial charge in [0.25, 0.3) is 0 Å². The van der Waals surface area contributed by atoms with Crippen LogP contribution < -0.4 is 0 Å². The number of nitrogens with zero attached hydrogens (tertiary/aromatic N) is 3. The van der Waals surface area contributed by atoms with Crippen molar-refractivity contribution < 1.29 is 17.9 Å². The molecule has 112 valence electrons. The van der Waals surface area contributed by atoms with Crippen molar-refractivity contribution >= 4 is 10.0 Å². The molecule has 0 spiro atoms. The Bertz CT molecular complexity index is 773. The number of sulfonamides is 1. The molecule has 0 atom stereocenters. The van der Waals surface area contributed by atoms with E-state index in [9.17, 15) is 12.8 Å². The molecule has 1 aromatic heterocycles. The van der Waals surface area contributed by atoms with E-state index >= 15 is 0 Å². The summed E-state index contributed by atoms with van der Waals surface area (Å²) in [7, 11) is -3.95. The van der Waals surface area contributed by atoms with Crippen molar-refractivity contribution in [3.63, 3.8) is 0 Å². The van der Waals surface area contributed by atoms with Crippen LogP contribution in [-0.4, -0.2) is 33.9 Å². The van der Waals surface area contributed by atoms with E-state index in [0.717, 1.165) is 6.07 Å². The fourth-order valence-corrected chi connectivity index (χ4v) is 3.84. The first-order chi connectivity index (χ1) is 10.0. The summed E-state index contributed by atoms with van der Waals surface area (Å²) in [6, 6.07) is 3.59. The highest BCUT2D eigenvalue weighted by Crippen LogP contribution is 2.24. The molecule has 8 heteroatoms. The maximum atomic E-state index is 13.9. The van der Waals surface area contributed by atoms with Crippen LogP contribution in [0.2, 0.25) is 0 Å². The van der Waals surface area contributed by atoms with E-state index in [0.29, 0.717) is 17.9 Å². The molecule has 3 rings (SSSR count). The van der Waals surface area contributed by atoms with Gasteiger partial charge in [0.15, 0.2) is 0 Å². The normalized spacial score (nSPS) is 15.9. The third kappa shape index (κ3) is 2.45. The Morgan fingerprint density at radius 3 is 2.90 bits per heavy atom. The highest BCUT2D eigenvalue weighted by atomic mass is 32.2. The number of fused-ring (bicyclic) bond motifs is 1. The SMILES string of the molecule is O=S(=O)(c1cc(CO)ccc1F)N1CCn2ccnc2C1. The van der Waals surface area contributed by atoms with Gasteiger partial charge in [-0.3, -0.25) is 0 Å². The molecule has 0 radical (unpaired) electrons. The van der Waals surface area contributed by atoms with Crippen LogP contribution in [0.4, 0.5) is 4.39 Å². The van der Waals surface area contributed by atoms with Gasteiger partial charge < -0.3 is 9.67 Å². The van der Waals surface area contributed by atoms with Gasteiger partial charge in [-0.05, 0) is 17.7 Å². The first-order valence-electron chi connectivity index (χ1n) is 6.42. The van der Waals surface area contributed by atoms with Gasteiger partial charge in [0.2, 0.25) is 10.0 Å². The second kappa shape index (κ2) is 5.21. The van der Waals surface area contributed by atoms with Crippen LogP contribution in [0.5, 0.6) is 0 Å². The number of imidazole rings is 1. The van der Waals surface area contributed by atoms with E-state index in [1.807, 2.05) is 4.57 Å². The van der Waals surface area contributed by atoms with Crippen molar-refractivity contribution in [2.45, 2.75) is 24.6 Å². The molecule has 2 aromatic rings. The van der Waals surface area contributed by atoms with Crippen LogP contribution in [0.25, 0.3) is 0 Å². The third-order valence-corrected chi connectivity index (χ3v) is 5.37. The topological polar surface area (TPSA) is 75.4 Å². The van der Waals surface area contributed by atoms with Crippen molar-refractivity contribution in [3.8, 4) is 0 Å². The molecule has 0 fully saturated rings. The maximum Gasteiger partial charge on any atom is 0.246 e. The summed E-state index contributed by atoms with van der Waals surface area (Å²) in [5.74, 6) is -0.190. The summed E-state index contributed by atoms with van der Waals surface area (Å²) < 4.78 is 42.1. The Balaban J connectivity index is 1.98. The van der Waals surface area contributed by atoms with Crippen molar-refractivity contribution in [1.82, 2.24) is 13.9 Å². The molecule has 1 N–H and O–H groups in total. The number of hydrogen-bond donors (Lipinski definition) is 1. The molecule has 0 saturated heterocycles. The summed E-state index contributed by atoms with van der Waals surface area (Å²) in [6.45, 7) is 0.510.